The molecule has 1 saturated carbocycles. The maximum atomic E-state index is 12.0. The molecule has 1 aromatic carbocycles. The van der Waals surface area contributed by atoms with E-state index in [0.29, 0.717) is 12.3 Å². The van der Waals surface area contributed by atoms with E-state index in [0.717, 1.165) is 17.6 Å². The summed E-state index contributed by atoms with van der Waals surface area (Å²) in [6.07, 6.45) is 4.84. The first-order chi connectivity index (χ1) is 8.65. The molecule has 0 saturated heterocycles. The first-order valence-electron chi connectivity index (χ1n) is 6.75. The Morgan fingerprint density at radius 3 is 2.28 bits per heavy atom. The number of rotatable bonds is 3. The Hall–Kier alpha value is -1.18. The van der Waals surface area contributed by atoms with Gasteiger partial charge in [0.15, 0.2) is 0 Å². The van der Waals surface area contributed by atoms with Crippen LogP contribution in [-0.4, -0.2) is 0 Å². The SMILES string of the molecule is C[C@H]1CC[C@H](c2ccc(CC=C(F)F)cc2)CC1. The molecule has 1 aromatic rings. The standard InChI is InChI=1S/C16H20F2/c1-12-2-7-14(8-3-12)15-9-4-13(5-10-15)6-11-16(17)18/h4-5,9-12,14H,2-3,6-8H2,1H3/t12-,14-. The molecule has 0 unspecified atom stereocenters. The second-order valence-electron chi connectivity index (χ2n) is 5.40. The summed E-state index contributed by atoms with van der Waals surface area (Å²) in [6, 6.07) is 8.18. The molecule has 0 heterocycles. The van der Waals surface area contributed by atoms with Crippen LogP contribution in [0, 0.1) is 5.92 Å². The molecule has 2 rings (SSSR count). The summed E-state index contributed by atoms with van der Waals surface area (Å²) in [5.74, 6) is 1.53. The second-order valence-corrected chi connectivity index (χ2v) is 5.40. The van der Waals surface area contributed by atoms with Gasteiger partial charge in [0.2, 0.25) is 0 Å². The van der Waals surface area contributed by atoms with Gasteiger partial charge in [-0.1, -0.05) is 44.0 Å². The van der Waals surface area contributed by atoms with E-state index < -0.39 is 6.08 Å². The molecule has 18 heavy (non-hydrogen) atoms. The fourth-order valence-electron chi connectivity index (χ4n) is 2.71. The molecule has 0 N–H and O–H groups in total. The summed E-state index contributed by atoms with van der Waals surface area (Å²) in [7, 11) is 0. The van der Waals surface area contributed by atoms with Crippen molar-refractivity contribution < 1.29 is 8.78 Å². The van der Waals surface area contributed by atoms with Crippen LogP contribution in [0.5, 0.6) is 0 Å². The molecule has 0 amide bonds. The zero-order valence-electron chi connectivity index (χ0n) is 10.8. The van der Waals surface area contributed by atoms with Gasteiger partial charge < -0.3 is 0 Å². The number of hydrogen-bond donors (Lipinski definition) is 0. The van der Waals surface area contributed by atoms with E-state index in [1.165, 1.54) is 31.2 Å². The van der Waals surface area contributed by atoms with Crippen molar-refractivity contribution in [3.8, 4) is 0 Å². The molecule has 1 aliphatic rings. The monoisotopic (exact) mass is 250 g/mol. The van der Waals surface area contributed by atoms with E-state index in [1.807, 2.05) is 12.1 Å². The van der Waals surface area contributed by atoms with Crippen molar-refractivity contribution >= 4 is 0 Å². The van der Waals surface area contributed by atoms with E-state index in [1.54, 1.807) is 0 Å². The molecule has 0 aliphatic heterocycles. The molecule has 2 heteroatoms. The molecule has 0 nitrogen and oxygen atoms in total. The van der Waals surface area contributed by atoms with Gasteiger partial charge in [0.25, 0.3) is 6.08 Å². The van der Waals surface area contributed by atoms with Gasteiger partial charge in [-0.15, -0.1) is 0 Å². The molecule has 0 aromatic heterocycles. The summed E-state index contributed by atoms with van der Waals surface area (Å²) in [5.41, 5.74) is 2.33. The molecule has 0 bridgehead atoms. The van der Waals surface area contributed by atoms with Crippen molar-refractivity contribution in [2.45, 2.75) is 44.9 Å². The van der Waals surface area contributed by atoms with Crippen LogP contribution < -0.4 is 0 Å². The molecular formula is C16H20F2. The average Bonchev–Trinajstić information content (AvgIpc) is 2.38. The molecular weight excluding hydrogens is 230 g/mol. The summed E-state index contributed by atoms with van der Waals surface area (Å²) >= 11 is 0. The van der Waals surface area contributed by atoms with Crippen molar-refractivity contribution in [1.82, 2.24) is 0 Å². The quantitative estimate of drug-likeness (QED) is 0.682. The van der Waals surface area contributed by atoms with Crippen molar-refractivity contribution in [3.05, 3.63) is 47.5 Å². The minimum atomic E-state index is -1.60. The van der Waals surface area contributed by atoms with Gasteiger partial charge in [-0.05, 0) is 48.3 Å². The van der Waals surface area contributed by atoms with E-state index in [-0.39, 0.29) is 0 Å². The highest BCUT2D eigenvalue weighted by molar-refractivity contribution is 5.27. The maximum absolute atomic E-state index is 12.0. The Morgan fingerprint density at radius 2 is 1.72 bits per heavy atom. The average molecular weight is 250 g/mol. The van der Waals surface area contributed by atoms with E-state index in [2.05, 4.69) is 19.1 Å². The van der Waals surface area contributed by atoms with Crippen LogP contribution in [0.15, 0.2) is 36.4 Å². The van der Waals surface area contributed by atoms with Crippen LogP contribution in [0.2, 0.25) is 0 Å². The molecule has 98 valence electrons. The lowest BCUT2D eigenvalue weighted by Gasteiger charge is -2.26. The second kappa shape index (κ2) is 6.12. The maximum Gasteiger partial charge on any atom is 0.266 e. The number of halogens is 2. The summed E-state index contributed by atoms with van der Waals surface area (Å²) in [4.78, 5) is 0. The molecule has 0 spiro atoms. The van der Waals surface area contributed by atoms with Gasteiger partial charge in [0.05, 0.1) is 0 Å². The zero-order chi connectivity index (χ0) is 13.0. The lowest BCUT2D eigenvalue weighted by atomic mass is 9.79. The topological polar surface area (TPSA) is 0 Å². The highest BCUT2D eigenvalue weighted by Crippen LogP contribution is 2.35. The third-order valence-corrected chi connectivity index (χ3v) is 3.96. The highest BCUT2D eigenvalue weighted by atomic mass is 19.3. The fraction of sp³-hybridized carbons (Fsp3) is 0.500. The van der Waals surface area contributed by atoms with E-state index in [9.17, 15) is 8.78 Å². The Labute approximate surface area is 108 Å². The van der Waals surface area contributed by atoms with Crippen molar-refractivity contribution in [3.63, 3.8) is 0 Å². The van der Waals surface area contributed by atoms with Gasteiger partial charge in [0, 0.05) is 0 Å². The van der Waals surface area contributed by atoms with Crippen LogP contribution >= 0.6 is 0 Å². The van der Waals surface area contributed by atoms with Crippen LogP contribution in [0.25, 0.3) is 0 Å². The number of allylic oxidation sites excluding steroid dienone is 1. The smallest absolute Gasteiger partial charge is 0.174 e. The highest BCUT2D eigenvalue weighted by Gasteiger charge is 2.19. The Morgan fingerprint density at radius 1 is 1.11 bits per heavy atom. The van der Waals surface area contributed by atoms with Gasteiger partial charge in [-0.2, -0.15) is 8.78 Å². The van der Waals surface area contributed by atoms with Crippen molar-refractivity contribution in [2.24, 2.45) is 5.92 Å². The van der Waals surface area contributed by atoms with Gasteiger partial charge in [0.1, 0.15) is 0 Å². The lowest BCUT2D eigenvalue weighted by molar-refractivity contribution is 0.348. The Bertz CT molecular complexity index is 394. The largest absolute Gasteiger partial charge is 0.266 e. The predicted molar refractivity (Wildman–Crippen MR) is 70.8 cm³/mol. The Balaban J connectivity index is 1.97. The van der Waals surface area contributed by atoms with E-state index >= 15 is 0 Å². The summed E-state index contributed by atoms with van der Waals surface area (Å²) in [6.45, 7) is 2.32. The number of hydrogen-bond acceptors (Lipinski definition) is 0. The van der Waals surface area contributed by atoms with Gasteiger partial charge >= 0.3 is 0 Å². The van der Waals surface area contributed by atoms with Crippen LogP contribution in [0.3, 0.4) is 0 Å². The fourth-order valence-corrected chi connectivity index (χ4v) is 2.71. The van der Waals surface area contributed by atoms with Crippen LogP contribution in [0.1, 0.15) is 49.7 Å². The minimum absolute atomic E-state index is 0.324. The van der Waals surface area contributed by atoms with Crippen molar-refractivity contribution in [2.75, 3.05) is 0 Å². The first kappa shape index (κ1) is 13.3. The third-order valence-electron chi connectivity index (χ3n) is 3.96. The minimum Gasteiger partial charge on any atom is -0.174 e. The molecule has 1 aliphatic carbocycles. The molecule has 0 radical (unpaired) electrons. The zero-order valence-corrected chi connectivity index (χ0v) is 10.8. The number of benzene rings is 1. The molecule has 0 atom stereocenters. The third kappa shape index (κ3) is 3.66. The van der Waals surface area contributed by atoms with Crippen LogP contribution in [0.4, 0.5) is 8.78 Å². The first-order valence-corrected chi connectivity index (χ1v) is 6.75. The van der Waals surface area contributed by atoms with Gasteiger partial charge in [-0.25, -0.2) is 0 Å². The van der Waals surface area contributed by atoms with Gasteiger partial charge in [-0.3, -0.25) is 0 Å². The predicted octanol–water partition coefficient (Wildman–Crippen LogP) is 5.30. The Kier molecular flexibility index (Phi) is 4.51. The normalized spacial score (nSPS) is 23.7. The lowest BCUT2D eigenvalue weighted by Crippen LogP contribution is -2.10. The molecule has 1 fully saturated rings. The van der Waals surface area contributed by atoms with E-state index in [4.69, 9.17) is 0 Å². The van der Waals surface area contributed by atoms with Crippen molar-refractivity contribution in [1.29, 1.82) is 0 Å². The summed E-state index contributed by atoms with van der Waals surface area (Å²) in [5, 5.41) is 0. The van der Waals surface area contributed by atoms with Crippen LogP contribution in [-0.2, 0) is 6.42 Å². The summed E-state index contributed by atoms with van der Waals surface area (Å²) < 4.78 is 24.0.